The van der Waals surface area contributed by atoms with Crippen LogP contribution in [0.3, 0.4) is 0 Å². The highest BCUT2D eigenvalue weighted by Crippen LogP contribution is 2.09. The molecule has 6 heteroatoms. The molecule has 1 rings (SSSR count). The zero-order valence-electron chi connectivity index (χ0n) is 16.4. The fourth-order valence-corrected chi connectivity index (χ4v) is 2.35. The zero-order chi connectivity index (χ0) is 20.3. The molecule has 0 aliphatic heterocycles. The molecular formula is C21H30N2O4. The maximum Gasteiger partial charge on any atom is 0.408 e. The number of hydrogen-bond donors (Lipinski definition) is 2. The van der Waals surface area contributed by atoms with Gasteiger partial charge in [0.15, 0.2) is 0 Å². The number of benzene rings is 1. The van der Waals surface area contributed by atoms with Crippen LogP contribution in [0.25, 0.3) is 0 Å². The van der Waals surface area contributed by atoms with Crippen LogP contribution in [0.1, 0.15) is 45.6 Å². The number of alkyl carbamates (subject to hydrolysis) is 1. The van der Waals surface area contributed by atoms with Gasteiger partial charge in [-0.25, -0.2) is 4.79 Å². The lowest BCUT2D eigenvalue weighted by atomic mass is 10.1. The molecule has 0 radical (unpaired) electrons. The molecule has 0 unspecified atom stereocenters. The fraction of sp³-hybridized carbons (Fsp3) is 0.476. The first kappa shape index (κ1) is 22.4. The predicted molar refractivity (Wildman–Crippen MR) is 105 cm³/mol. The van der Waals surface area contributed by atoms with Crippen molar-refractivity contribution in [2.75, 3.05) is 6.54 Å². The Labute approximate surface area is 161 Å². The van der Waals surface area contributed by atoms with Crippen molar-refractivity contribution in [1.82, 2.24) is 10.6 Å². The van der Waals surface area contributed by atoms with Crippen LogP contribution >= 0.6 is 0 Å². The van der Waals surface area contributed by atoms with Gasteiger partial charge in [-0.3, -0.25) is 9.59 Å². The minimum absolute atomic E-state index is 0.0647. The van der Waals surface area contributed by atoms with Gasteiger partial charge < -0.3 is 15.4 Å². The first-order valence-corrected chi connectivity index (χ1v) is 9.15. The van der Waals surface area contributed by atoms with Crippen molar-refractivity contribution in [2.45, 2.75) is 58.1 Å². The third kappa shape index (κ3) is 10.2. The van der Waals surface area contributed by atoms with Crippen molar-refractivity contribution in [3.8, 4) is 0 Å². The van der Waals surface area contributed by atoms with Crippen LogP contribution in [0.4, 0.5) is 4.79 Å². The van der Waals surface area contributed by atoms with Crippen molar-refractivity contribution >= 4 is 17.8 Å². The van der Waals surface area contributed by atoms with E-state index in [1.165, 1.54) is 0 Å². The van der Waals surface area contributed by atoms with Gasteiger partial charge >= 0.3 is 6.09 Å². The van der Waals surface area contributed by atoms with Gasteiger partial charge in [-0.15, -0.1) is 6.58 Å². The van der Waals surface area contributed by atoms with Crippen molar-refractivity contribution < 1.29 is 19.1 Å². The van der Waals surface area contributed by atoms with Crippen LogP contribution in [0, 0.1) is 0 Å². The number of carbonyl (C=O) groups is 3. The Hall–Kier alpha value is -2.63. The van der Waals surface area contributed by atoms with Gasteiger partial charge in [-0.05, 0) is 32.8 Å². The standard InChI is InChI=1S/C21H30N2O4/c1-5-6-12-17(24)13-14-22-19(25)18(15-16-10-8-7-9-11-16)23-20(26)27-21(2,3)4/h5,7-11,18H,1,6,12-15H2,2-4H3,(H,22,25)(H,23,26)/t18-/m0/s1. The average molecular weight is 374 g/mol. The Balaban J connectivity index is 2.66. The lowest BCUT2D eigenvalue weighted by Crippen LogP contribution is -2.49. The van der Waals surface area contributed by atoms with Crippen LogP contribution < -0.4 is 10.6 Å². The van der Waals surface area contributed by atoms with E-state index >= 15 is 0 Å². The molecule has 0 aliphatic rings. The summed E-state index contributed by atoms with van der Waals surface area (Å²) in [5, 5.41) is 5.35. The monoisotopic (exact) mass is 374 g/mol. The molecule has 1 aromatic rings. The molecule has 0 saturated carbocycles. The molecule has 0 saturated heterocycles. The van der Waals surface area contributed by atoms with E-state index < -0.39 is 17.7 Å². The van der Waals surface area contributed by atoms with Gasteiger partial charge in [0.25, 0.3) is 0 Å². The number of hydrogen-bond acceptors (Lipinski definition) is 4. The topological polar surface area (TPSA) is 84.5 Å². The number of Topliss-reactive ketones (excluding diaryl/α,β-unsaturated/α-hetero) is 1. The van der Waals surface area contributed by atoms with Gasteiger partial charge in [0.1, 0.15) is 17.4 Å². The Morgan fingerprint density at radius 3 is 2.41 bits per heavy atom. The number of ether oxygens (including phenoxy) is 1. The first-order chi connectivity index (χ1) is 12.7. The molecule has 148 valence electrons. The summed E-state index contributed by atoms with van der Waals surface area (Å²) in [7, 11) is 0. The van der Waals surface area contributed by atoms with E-state index in [0.29, 0.717) is 19.3 Å². The summed E-state index contributed by atoms with van der Waals surface area (Å²) in [6, 6.07) is 8.61. The Bertz CT molecular complexity index is 635. The number of nitrogens with one attached hydrogen (secondary N) is 2. The molecule has 2 N–H and O–H groups in total. The molecule has 1 aromatic carbocycles. The van der Waals surface area contributed by atoms with Crippen molar-refractivity contribution in [2.24, 2.45) is 0 Å². The lowest BCUT2D eigenvalue weighted by molar-refractivity contribution is -0.123. The summed E-state index contributed by atoms with van der Waals surface area (Å²) >= 11 is 0. The second kappa shape index (κ2) is 11.2. The van der Waals surface area contributed by atoms with E-state index in [1.807, 2.05) is 30.3 Å². The largest absolute Gasteiger partial charge is 0.444 e. The van der Waals surface area contributed by atoms with Gasteiger partial charge in [-0.2, -0.15) is 0 Å². The van der Waals surface area contributed by atoms with E-state index in [2.05, 4.69) is 17.2 Å². The molecule has 27 heavy (non-hydrogen) atoms. The lowest BCUT2D eigenvalue weighted by Gasteiger charge is -2.23. The van der Waals surface area contributed by atoms with Crippen LogP contribution in [0.2, 0.25) is 0 Å². The number of carbonyl (C=O) groups excluding carboxylic acids is 3. The van der Waals surface area contributed by atoms with Crippen LogP contribution in [0.15, 0.2) is 43.0 Å². The Morgan fingerprint density at radius 2 is 1.81 bits per heavy atom. The smallest absolute Gasteiger partial charge is 0.408 e. The minimum atomic E-state index is -0.787. The SMILES string of the molecule is C=CCCC(=O)CCNC(=O)[C@H](Cc1ccccc1)NC(=O)OC(C)(C)C. The van der Waals surface area contributed by atoms with E-state index in [1.54, 1.807) is 26.8 Å². The van der Waals surface area contributed by atoms with E-state index in [4.69, 9.17) is 4.74 Å². The van der Waals surface area contributed by atoms with Gasteiger partial charge in [0, 0.05) is 25.8 Å². The molecule has 6 nitrogen and oxygen atoms in total. The highest BCUT2D eigenvalue weighted by atomic mass is 16.6. The highest BCUT2D eigenvalue weighted by molar-refractivity contribution is 5.86. The van der Waals surface area contributed by atoms with E-state index in [9.17, 15) is 14.4 Å². The van der Waals surface area contributed by atoms with Crippen molar-refractivity contribution in [1.29, 1.82) is 0 Å². The molecule has 0 aromatic heterocycles. The number of allylic oxidation sites excluding steroid dienone is 1. The normalized spacial score (nSPS) is 12.0. The molecule has 2 amide bonds. The third-order valence-corrected chi connectivity index (χ3v) is 3.62. The Kier molecular flexibility index (Phi) is 9.26. The van der Waals surface area contributed by atoms with Gasteiger partial charge in [0.2, 0.25) is 5.91 Å². The van der Waals surface area contributed by atoms with Crippen LogP contribution in [-0.4, -0.2) is 36.0 Å². The van der Waals surface area contributed by atoms with Crippen LogP contribution in [-0.2, 0) is 20.7 Å². The summed E-state index contributed by atoms with van der Waals surface area (Å²) in [5.41, 5.74) is 0.255. The van der Waals surface area contributed by atoms with Gasteiger partial charge in [-0.1, -0.05) is 36.4 Å². The highest BCUT2D eigenvalue weighted by Gasteiger charge is 2.24. The second-order valence-corrected chi connectivity index (χ2v) is 7.30. The summed E-state index contributed by atoms with van der Waals surface area (Å²) in [4.78, 5) is 36.3. The quantitative estimate of drug-likeness (QED) is 0.616. The number of ketones is 1. The molecular weight excluding hydrogens is 344 g/mol. The molecule has 0 spiro atoms. The summed E-state index contributed by atoms with van der Waals surface area (Å²) in [5.74, 6) is -0.281. The summed E-state index contributed by atoms with van der Waals surface area (Å²) < 4.78 is 5.25. The Morgan fingerprint density at radius 1 is 1.15 bits per heavy atom. The maximum absolute atomic E-state index is 12.5. The maximum atomic E-state index is 12.5. The molecule has 1 atom stereocenters. The first-order valence-electron chi connectivity index (χ1n) is 9.15. The second-order valence-electron chi connectivity index (χ2n) is 7.30. The molecule has 0 bridgehead atoms. The molecule has 0 aliphatic carbocycles. The van der Waals surface area contributed by atoms with E-state index in [-0.39, 0.29) is 24.7 Å². The van der Waals surface area contributed by atoms with Crippen LogP contribution in [0.5, 0.6) is 0 Å². The molecule has 0 fully saturated rings. The minimum Gasteiger partial charge on any atom is -0.444 e. The molecule has 0 heterocycles. The number of rotatable bonds is 10. The summed E-state index contributed by atoms with van der Waals surface area (Å²) in [6.07, 6.45) is 2.67. The van der Waals surface area contributed by atoms with Crippen molar-refractivity contribution in [3.63, 3.8) is 0 Å². The van der Waals surface area contributed by atoms with E-state index in [0.717, 1.165) is 5.56 Å². The van der Waals surface area contributed by atoms with Crippen molar-refractivity contribution in [3.05, 3.63) is 48.6 Å². The fourth-order valence-electron chi connectivity index (χ4n) is 2.35. The number of amides is 2. The third-order valence-electron chi connectivity index (χ3n) is 3.62. The summed E-state index contributed by atoms with van der Waals surface area (Å²) in [6.45, 7) is 9.09. The predicted octanol–water partition coefficient (Wildman–Crippen LogP) is 3.16. The average Bonchev–Trinajstić information content (AvgIpc) is 2.58. The van der Waals surface area contributed by atoms with Gasteiger partial charge in [0.05, 0.1) is 0 Å². The zero-order valence-corrected chi connectivity index (χ0v) is 16.4.